The first-order chi connectivity index (χ1) is 22.8. The van der Waals surface area contributed by atoms with Crippen molar-refractivity contribution in [2.45, 2.75) is 56.0 Å². The maximum Gasteiger partial charge on any atom is 0.306 e. The van der Waals surface area contributed by atoms with Gasteiger partial charge in [0.25, 0.3) is 0 Å². The smallest absolute Gasteiger partial charge is 0.306 e. The predicted octanol–water partition coefficient (Wildman–Crippen LogP) is 1.54. The average Bonchev–Trinajstić information content (AvgIpc) is 3.68. The van der Waals surface area contributed by atoms with Crippen molar-refractivity contribution in [2.24, 2.45) is 11.8 Å². The van der Waals surface area contributed by atoms with Crippen molar-refractivity contribution in [1.82, 2.24) is 20.0 Å². The number of carbonyl (C=O) groups is 4. The fourth-order valence-corrected chi connectivity index (χ4v) is 8.27. The highest BCUT2D eigenvalue weighted by molar-refractivity contribution is 9.11. The molecular formula is C34H43BrN4O8. The van der Waals surface area contributed by atoms with E-state index in [1.54, 1.807) is 11.0 Å². The highest BCUT2D eigenvalue weighted by Crippen LogP contribution is 2.59. The lowest BCUT2D eigenvalue weighted by Gasteiger charge is -2.39. The molecule has 7 atom stereocenters. The number of nitrogens with zero attached hydrogens (tertiary/aromatic N) is 3. The first-order valence-electron chi connectivity index (χ1n) is 16.5. The van der Waals surface area contributed by atoms with Gasteiger partial charge >= 0.3 is 5.97 Å². The summed E-state index contributed by atoms with van der Waals surface area (Å²) in [5.74, 6) is -3.50. The highest BCUT2D eigenvalue weighted by atomic mass is 79.9. The molecule has 0 radical (unpaired) electrons. The number of likely N-dealkylation sites (tertiary alicyclic amines) is 1. The lowest BCUT2D eigenvalue weighted by molar-refractivity contribution is -0.150. The fourth-order valence-electron chi connectivity index (χ4n) is 7.54. The third kappa shape index (κ3) is 6.52. The van der Waals surface area contributed by atoms with Crippen LogP contribution in [0.1, 0.15) is 37.8 Å². The summed E-state index contributed by atoms with van der Waals surface area (Å²) in [6, 6.07) is 6.82. The monoisotopic (exact) mass is 714 g/mol. The zero-order valence-electron chi connectivity index (χ0n) is 26.6. The zero-order chi connectivity index (χ0) is 33.1. The van der Waals surface area contributed by atoms with Gasteiger partial charge in [-0.1, -0.05) is 65.3 Å². The first-order valence-corrected chi connectivity index (χ1v) is 17.3. The highest BCUT2D eigenvalue weighted by Gasteiger charge is 2.75. The second kappa shape index (κ2) is 14.6. The molecule has 3 saturated heterocycles. The Kier molecular flexibility index (Phi) is 10.5. The minimum Gasteiger partial charge on any atom is -0.463 e. The number of rotatable bonds is 7. The van der Waals surface area contributed by atoms with Gasteiger partial charge in [0.15, 0.2) is 0 Å². The second-order valence-electron chi connectivity index (χ2n) is 12.7. The van der Waals surface area contributed by atoms with Gasteiger partial charge in [0.1, 0.15) is 24.4 Å². The van der Waals surface area contributed by atoms with Crippen LogP contribution in [0.5, 0.6) is 0 Å². The third-order valence-corrected chi connectivity index (χ3v) is 10.7. The molecule has 13 heteroatoms. The summed E-state index contributed by atoms with van der Waals surface area (Å²) in [5, 5.41) is 13.5. The van der Waals surface area contributed by atoms with Crippen molar-refractivity contribution in [3.05, 3.63) is 58.6 Å². The molecule has 12 nitrogen and oxygen atoms in total. The Hall–Kier alpha value is -3.10. The van der Waals surface area contributed by atoms with Gasteiger partial charge in [-0.05, 0) is 24.5 Å². The molecule has 47 heavy (non-hydrogen) atoms. The standard InChI is InChI=1S/C34H43BrN4O8/c1-2-23(20-40)39-30-33(44)38(14-13-37-15-17-45-18-16-37)12-8-4-7-11-26(41)46-21-25(22-9-5-3-6-10-22)36-31(42)27-28(32(39)43)34(30)19-24(35)29(27)47-34/h3-6,8-10,19,23,25,27-30,40H,2,7,11-18,20-21H2,1H3,(H,36,42)/b8-4-/t23-,25+,27+,28-,29+,30+,34-/m0/s1. The van der Waals surface area contributed by atoms with Crippen molar-refractivity contribution >= 4 is 39.6 Å². The SMILES string of the molecule is CC[C@@H](CO)N1C(=O)[C@@H]2[C@H]3C(=O)N[C@@H](c4ccccc4)COC(=O)CC/C=C\CN(CCN4CCOCC4)C(=O)[C@@H]1[C@]21C=C(Br)[C@H]3O1. The first kappa shape index (κ1) is 33.8. The number of cyclic esters (lactones) is 1. The molecule has 1 aromatic carbocycles. The summed E-state index contributed by atoms with van der Waals surface area (Å²) in [7, 11) is 0. The number of morpholine rings is 1. The van der Waals surface area contributed by atoms with E-state index >= 15 is 0 Å². The van der Waals surface area contributed by atoms with Gasteiger partial charge in [0.2, 0.25) is 17.7 Å². The molecule has 0 unspecified atom stereocenters. The van der Waals surface area contributed by atoms with Gasteiger partial charge < -0.3 is 34.4 Å². The maximum atomic E-state index is 14.8. The topological polar surface area (TPSA) is 138 Å². The molecule has 0 aliphatic carbocycles. The lowest BCUT2D eigenvalue weighted by atomic mass is 9.74. The van der Waals surface area contributed by atoms with Crippen LogP contribution in [0, 0.1) is 11.8 Å². The molecular weight excluding hydrogens is 672 g/mol. The molecule has 0 saturated carbocycles. The van der Waals surface area contributed by atoms with Gasteiger partial charge in [0, 0.05) is 43.6 Å². The van der Waals surface area contributed by atoms with Crippen molar-refractivity contribution in [1.29, 1.82) is 0 Å². The number of amides is 3. The van der Waals surface area contributed by atoms with Gasteiger partial charge in [0.05, 0.1) is 43.7 Å². The van der Waals surface area contributed by atoms with Gasteiger partial charge in [-0.15, -0.1) is 0 Å². The molecule has 3 fully saturated rings. The van der Waals surface area contributed by atoms with Gasteiger partial charge in [-0.2, -0.15) is 0 Å². The number of halogens is 1. The second-order valence-corrected chi connectivity index (χ2v) is 13.6. The Morgan fingerprint density at radius 3 is 2.55 bits per heavy atom. The normalized spacial score (nSPS) is 33.3. The number of nitrogens with one attached hydrogen (secondary N) is 1. The molecule has 0 aromatic heterocycles. The van der Waals surface area contributed by atoms with Crippen LogP contribution < -0.4 is 5.32 Å². The summed E-state index contributed by atoms with van der Waals surface area (Å²) in [6.07, 6.45) is 5.70. The molecule has 1 aromatic rings. The lowest BCUT2D eigenvalue weighted by Crippen LogP contribution is -2.59. The number of aliphatic hydroxyl groups is 1. The van der Waals surface area contributed by atoms with Crippen LogP contribution in [0.4, 0.5) is 0 Å². The van der Waals surface area contributed by atoms with Gasteiger partial charge in [-0.3, -0.25) is 24.1 Å². The van der Waals surface area contributed by atoms with Crippen molar-refractivity contribution in [3.8, 4) is 0 Å². The van der Waals surface area contributed by atoms with Crippen LogP contribution in [0.3, 0.4) is 0 Å². The Labute approximate surface area is 283 Å². The molecule has 5 bridgehead atoms. The van der Waals surface area contributed by atoms with E-state index in [1.165, 1.54) is 4.90 Å². The Balaban J connectivity index is 1.40. The van der Waals surface area contributed by atoms with Crippen LogP contribution >= 0.6 is 15.9 Å². The molecule has 1 spiro atoms. The van der Waals surface area contributed by atoms with Crippen LogP contribution in [0.15, 0.2) is 53.0 Å². The summed E-state index contributed by atoms with van der Waals surface area (Å²) in [5.41, 5.74) is -0.666. The molecule has 3 amide bonds. The van der Waals surface area contributed by atoms with Crippen LogP contribution in [-0.2, 0) is 33.4 Å². The van der Waals surface area contributed by atoms with E-state index in [0.717, 1.165) is 18.7 Å². The number of ether oxygens (including phenoxy) is 3. The molecule has 6 rings (SSSR count). The van der Waals surface area contributed by atoms with E-state index in [0.29, 0.717) is 43.6 Å². The van der Waals surface area contributed by atoms with E-state index < -0.39 is 59.5 Å². The number of fused-ring (bicyclic) bond motifs is 2. The molecule has 5 aliphatic heterocycles. The Bertz CT molecular complexity index is 1400. The van der Waals surface area contributed by atoms with Crippen LogP contribution in [-0.4, -0.2) is 126 Å². The summed E-state index contributed by atoms with van der Waals surface area (Å²) >= 11 is 3.61. The number of hydrogen-bond donors (Lipinski definition) is 2. The molecule has 2 N–H and O–H groups in total. The summed E-state index contributed by atoms with van der Waals surface area (Å²) < 4.78 is 18.3. The number of esters is 1. The van der Waals surface area contributed by atoms with Crippen molar-refractivity contribution in [3.63, 3.8) is 0 Å². The van der Waals surface area contributed by atoms with E-state index in [4.69, 9.17) is 14.2 Å². The summed E-state index contributed by atoms with van der Waals surface area (Å²) in [6.45, 7) is 5.44. The largest absolute Gasteiger partial charge is 0.463 e. The zero-order valence-corrected chi connectivity index (χ0v) is 28.2. The van der Waals surface area contributed by atoms with Gasteiger partial charge in [-0.25, -0.2) is 0 Å². The van der Waals surface area contributed by atoms with Crippen molar-refractivity contribution in [2.75, 3.05) is 59.2 Å². The van der Waals surface area contributed by atoms with E-state index in [2.05, 4.69) is 26.1 Å². The van der Waals surface area contributed by atoms with Crippen molar-refractivity contribution < 1.29 is 38.5 Å². The quantitative estimate of drug-likeness (QED) is 0.318. The average molecular weight is 716 g/mol. The predicted molar refractivity (Wildman–Crippen MR) is 174 cm³/mol. The Morgan fingerprint density at radius 1 is 1.06 bits per heavy atom. The van der Waals surface area contributed by atoms with E-state index in [9.17, 15) is 24.3 Å². The van der Waals surface area contributed by atoms with Crippen LogP contribution in [0.25, 0.3) is 0 Å². The number of hydrogen-bond acceptors (Lipinski definition) is 9. The Morgan fingerprint density at radius 2 is 1.83 bits per heavy atom. The summed E-state index contributed by atoms with van der Waals surface area (Å²) in [4.78, 5) is 61.8. The molecule has 254 valence electrons. The number of benzene rings is 1. The van der Waals surface area contributed by atoms with Crippen LogP contribution in [0.2, 0.25) is 0 Å². The van der Waals surface area contributed by atoms with E-state index in [1.807, 2.05) is 49.4 Å². The van der Waals surface area contributed by atoms with E-state index in [-0.39, 0.29) is 32.1 Å². The minimum absolute atomic E-state index is 0.0811. The maximum absolute atomic E-state index is 14.8. The minimum atomic E-state index is -1.41. The fraction of sp³-hybridized carbons (Fsp3) is 0.588. The number of carbonyl (C=O) groups excluding carboxylic acids is 4. The molecule has 5 heterocycles. The molecule has 5 aliphatic rings. The third-order valence-electron chi connectivity index (χ3n) is 10.0. The number of allylic oxidation sites excluding steroid dienone is 1. The number of aliphatic hydroxyl groups excluding tert-OH is 1.